The van der Waals surface area contributed by atoms with E-state index in [0.717, 1.165) is 17.8 Å². The number of nitrogens with zero attached hydrogens (tertiary/aromatic N) is 2. The van der Waals surface area contributed by atoms with Crippen molar-refractivity contribution in [1.82, 2.24) is 9.88 Å². The molecule has 0 amide bonds. The van der Waals surface area contributed by atoms with E-state index in [0.29, 0.717) is 6.54 Å². The number of pyridine rings is 1. The van der Waals surface area contributed by atoms with Crippen LogP contribution in [0.1, 0.15) is 30.6 Å². The monoisotopic (exact) mass is 284 g/mol. The van der Waals surface area contributed by atoms with Gasteiger partial charge in [0.05, 0.1) is 12.1 Å². The number of carboxylic acids is 1. The van der Waals surface area contributed by atoms with E-state index in [1.165, 1.54) is 0 Å². The van der Waals surface area contributed by atoms with Crippen molar-refractivity contribution in [2.45, 2.75) is 25.9 Å². The Kier molecular flexibility index (Phi) is 5.46. The van der Waals surface area contributed by atoms with E-state index in [1.54, 1.807) is 6.20 Å². The fraction of sp³-hybridized carbons (Fsp3) is 0.294. The van der Waals surface area contributed by atoms with Crippen molar-refractivity contribution < 1.29 is 9.90 Å². The second kappa shape index (κ2) is 7.55. The van der Waals surface area contributed by atoms with Gasteiger partial charge in [-0.05, 0) is 24.2 Å². The maximum absolute atomic E-state index is 11.2. The van der Waals surface area contributed by atoms with E-state index < -0.39 is 5.97 Å². The Hall–Kier alpha value is -2.20. The molecule has 0 spiro atoms. The van der Waals surface area contributed by atoms with Crippen LogP contribution in [0.25, 0.3) is 0 Å². The van der Waals surface area contributed by atoms with E-state index in [2.05, 4.69) is 9.88 Å². The highest BCUT2D eigenvalue weighted by Gasteiger charge is 2.22. The predicted molar refractivity (Wildman–Crippen MR) is 81.8 cm³/mol. The van der Waals surface area contributed by atoms with E-state index >= 15 is 0 Å². The van der Waals surface area contributed by atoms with Gasteiger partial charge in [-0.15, -0.1) is 0 Å². The van der Waals surface area contributed by atoms with Crippen molar-refractivity contribution in [2.24, 2.45) is 0 Å². The van der Waals surface area contributed by atoms with Gasteiger partial charge in [0.2, 0.25) is 0 Å². The van der Waals surface area contributed by atoms with Gasteiger partial charge in [0, 0.05) is 18.8 Å². The Labute approximate surface area is 125 Å². The van der Waals surface area contributed by atoms with E-state index in [1.807, 2.05) is 55.5 Å². The first kappa shape index (κ1) is 15.2. The molecule has 1 aromatic heterocycles. The van der Waals surface area contributed by atoms with Gasteiger partial charge in [0.25, 0.3) is 0 Å². The Morgan fingerprint density at radius 3 is 2.48 bits per heavy atom. The lowest BCUT2D eigenvalue weighted by Gasteiger charge is -2.29. The van der Waals surface area contributed by atoms with Crippen molar-refractivity contribution >= 4 is 5.97 Å². The summed E-state index contributed by atoms with van der Waals surface area (Å²) in [4.78, 5) is 17.7. The van der Waals surface area contributed by atoms with Crippen molar-refractivity contribution in [3.63, 3.8) is 0 Å². The molecule has 1 aromatic carbocycles. The van der Waals surface area contributed by atoms with Gasteiger partial charge in [-0.25, -0.2) is 0 Å². The summed E-state index contributed by atoms with van der Waals surface area (Å²) in [6, 6.07) is 15.4. The number of aromatic nitrogens is 1. The zero-order chi connectivity index (χ0) is 15.1. The van der Waals surface area contributed by atoms with Crippen molar-refractivity contribution in [3.05, 3.63) is 66.0 Å². The molecule has 0 saturated carbocycles. The highest BCUT2D eigenvalue weighted by Crippen LogP contribution is 2.25. The lowest BCUT2D eigenvalue weighted by molar-refractivity contribution is -0.138. The first-order valence-corrected chi connectivity index (χ1v) is 7.11. The zero-order valence-electron chi connectivity index (χ0n) is 12.1. The molecule has 0 aliphatic carbocycles. The molecule has 4 nitrogen and oxygen atoms in total. The third kappa shape index (κ3) is 4.39. The summed E-state index contributed by atoms with van der Waals surface area (Å²) in [6.07, 6.45) is 1.85. The Morgan fingerprint density at radius 2 is 1.90 bits per heavy atom. The van der Waals surface area contributed by atoms with E-state index in [9.17, 15) is 9.90 Å². The molecule has 1 heterocycles. The third-order valence-electron chi connectivity index (χ3n) is 3.49. The van der Waals surface area contributed by atoms with Crippen LogP contribution in [0.3, 0.4) is 0 Å². The SMILES string of the molecule is CCN(Cc1ccccn1)C(CC(=O)O)c1ccccc1. The van der Waals surface area contributed by atoms with Crippen LogP contribution in [0.15, 0.2) is 54.7 Å². The third-order valence-corrected chi connectivity index (χ3v) is 3.49. The molecule has 0 aliphatic rings. The number of hydrogen-bond acceptors (Lipinski definition) is 3. The maximum Gasteiger partial charge on any atom is 0.305 e. The van der Waals surface area contributed by atoms with Gasteiger partial charge in [-0.1, -0.05) is 43.3 Å². The Morgan fingerprint density at radius 1 is 1.19 bits per heavy atom. The molecule has 2 rings (SSSR count). The van der Waals surface area contributed by atoms with E-state index in [-0.39, 0.29) is 12.5 Å². The molecule has 0 saturated heterocycles. The smallest absolute Gasteiger partial charge is 0.305 e. The minimum Gasteiger partial charge on any atom is -0.481 e. The maximum atomic E-state index is 11.2. The number of rotatable bonds is 7. The summed E-state index contributed by atoms with van der Waals surface area (Å²) in [5.41, 5.74) is 1.98. The summed E-state index contributed by atoms with van der Waals surface area (Å²) in [6.45, 7) is 3.45. The molecular formula is C17H20N2O2. The van der Waals surface area contributed by atoms with Crippen molar-refractivity contribution in [1.29, 1.82) is 0 Å². The summed E-state index contributed by atoms with van der Waals surface area (Å²) < 4.78 is 0. The standard InChI is InChI=1S/C17H20N2O2/c1-2-19(13-15-10-6-7-11-18-15)16(12-17(20)21)14-8-4-3-5-9-14/h3-11,16H,2,12-13H2,1H3,(H,20,21). The van der Waals surface area contributed by atoms with Crippen LogP contribution in [0.2, 0.25) is 0 Å². The van der Waals surface area contributed by atoms with Crippen LogP contribution in [0.4, 0.5) is 0 Å². The Bertz CT molecular complexity index is 558. The number of hydrogen-bond donors (Lipinski definition) is 1. The van der Waals surface area contributed by atoms with Crippen molar-refractivity contribution in [2.75, 3.05) is 6.54 Å². The van der Waals surface area contributed by atoms with Crippen LogP contribution in [-0.4, -0.2) is 27.5 Å². The second-order valence-electron chi connectivity index (χ2n) is 4.91. The van der Waals surface area contributed by atoms with Gasteiger partial charge < -0.3 is 5.11 Å². The largest absolute Gasteiger partial charge is 0.481 e. The molecule has 0 fully saturated rings. The molecule has 1 N–H and O–H groups in total. The van der Waals surface area contributed by atoms with Crippen LogP contribution in [0, 0.1) is 0 Å². The summed E-state index contributed by atoms with van der Waals surface area (Å²) in [7, 11) is 0. The lowest BCUT2D eigenvalue weighted by Crippen LogP contribution is -2.30. The molecule has 110 valence electrons. The number of aliphatic carboxylic acids is 1. The van der Waals surface area contributed by atoms with Crippen LogP contribution in [-0.2, 0) is 11.3 Å². The zero-order valence-corrected chi connectivity index (χ0v) is 12.1. The van der Waals surface area contributed by atoms with Gasteiger partial charge in [-0.2, -0.15) is 0 Å². The summed E-state index contributed by atoms with van der Waals surface area (Å²) in [5, 5.41) is 9.21. The molecule has 0 aliphatic heterocycles. The molecule has 1 atom stereocenters. The summed E-state index contributed by atoms with van der Waals surface area (Å²) in [5.74, 6) is -0.789. The fourth-order valence-corrected chi connectivity index (χ4v) is 2.44. The molecule has 2 aromatic rings. The highest BCUT2D eigenvalue weighted by molar-refractivity contribution is 5.68. The van der Waals surface area contributed by atoms with Crippen molar-refractivity contribution in [3.8, 4) is 0 Å². The average Bonchev–Trinajstić information content (AvgIpc) is 2.52. The van der Waals surface area contributed by atoms with Gasteiger partial charge in [-0.3, -0.25) is 14.7 Å². The first-order chi connectivity index (χ1) is 10.2. The van der Waals surface area contributed by atoms with Crippen LogP contribution >= 0.6 is 0 Å². The fourth-order valence-electron chi connectivity index (χ4n) is 2.44. The number of carboxylic acid groups (broad SMARTS) is 1. The lowest BCUT2D eigenvalue weighted by atomic mass is 10.0. The Balaban J connectivity index is 2.23. The normalized spacial score (nSPS) is 12.3. The molecule has 4 heteroatoms. The first-order valence-electron chi connectivity index (χ1n) is 7.11. The topological polar surface area (TPSA) is 53.4 Å². The van der Waals surface area contributed by atoms with Crippen LogP contribution < -0.4 is 0 Å². The van der Waals surface area contributed by atoms with Gasteiger partial charge >= 0.3 is 5.97 Å². The van der Waals surface area contributed by atoms with Gasteiger partial charge in [0.15, 0.2) is 0 Å². The number of carbonyl (C=O) groups is 1. The second-order valence-corrected chi connectivity index (χ2v) is 4.91. The van der Waals surface area contributed by atoms with Gasteiger partial charge in [0.1, 0.15) is 0 Å². The average molecular weight is 284 g/mol. The number of benzene rings is 1. The molecule has 21 heavy (non-hydrogen) atoms. The predicted octanol–water partition coefficient (Wildman–Crippen LogP) is 3.12. The minimum atomic E-state index is -0.789. The molecule has 1 unspecified atom stereocenters. The molecular weight excluding hydrogens is 264 g/mol. The van der Waals surface area contributed by atoms with Crippen LogP contribution in [0.5, 0.6) is 0 Å². The summed E-state index contributed by atoms with van der Waals surface area (Å²) >= 11 is 0. The molecule has 0 bridgehead atoms. The molecule has 0 radical (unpaired) electrons. The minimum absolute atomic E-state index is 0.0880. The highest BCUT2D eigenvalue weighted by atomic mass is 16.4. The quantitative estimate of drug-likeness (QED) is 0.848. The van der Waals surface area contributed by atoms with E-state index in [4.69, 9.17) is 0 Å².